The molecule has 0 aliphatic carbocycles. The fourth-order valence-corrected chi connectivity index (χ4v) is 2.19. The van der Waals surface area contributed by atoms with E-state index in [1.807, 2.05) is 31.2 Å². The van der Waals surface area contributed by atoms with Crippen molar-refractivity contribution in [1.29, 1.82) is 0 Å². The normalized spacial score (nSPS) is 11.5. The van der Waals surface area contributed by atoms with Crippen LogP contribution in [-0.4, -0.2) is 17.7 Å². The van der Waals surface area contributed by atoms with Gasteiger partial charge in [0.25, 0.3) is 0 Å². The molecular weight excluding hydrogens is 275 g/mol. The molecule has 0 amide bonds. The monoisotopic (exact) mass is 288 g/mol. The summed E-state index contributed by atoms with van der Waals surface area (Å²) in [6, 6.07) is 9.13. The van der Waals surface area contributed by atoms with Crippen LogP contribution in [-0.2, 0) is 0 Å². The van der Waals surface area contributed by atoms with Gasteiger partial charge in [-0.05, 0) is 18.6 Å². The minimum atomic E-state index is -0.591. The van der Waals surface area contributed by atoms with Crippen LogP contribution in [0.5, 0.6) is 0 Å². The second kappa shape index (κ2) is 5.97. The second-order valence-electron chi connectivity index (χ2n) is 4.39. The zero-order valence-corrected chi connectivity index (χ0v) is 12.1. The molecule has 1 aromatic carbocycles. The molecule has 20 heavy (non-hydrogen) atoms. The van der Waals surface area contributed by atoms with E-state index in [0.29, 0.717) is 10.7 Å². The van der Waals surface area contributed by atoms with Crippen molar-refractivity contribution in [3.05, 3.63) is 70.8 Å². The lowest BCUT2D eigenvalue weighted by atomic mass is 9.95. The van der Waals surface area contributed by atoms with E-state index in [1.54, 1.807) is 7.05 Å². The first-order valence-corrected chi connectivity index (χ1v) is 6.46. The number of aliphatic imine (C=N–C) groups is 1. The standard InChI is InChI=1S/C16H14ClFN2/c1-10(2)12-6-4-5-7-13(12)15(19-3)14-8-11(17)9-20-16(14)18/h4-9H,1H2,2-3H3. The van der Waals surface area contributed by atoms with Crippen molar-refractivity contribution < 1.29 is 4.39 Å². The predicted molar refractivity (Wildman–Crippen MR) is 81.9 cm³/mol. The van der Waals surface area contributed by atoms with Gasteiger partial charge in [0.05, 0.1) is 16.3 Å². The number of hydrogen-bond acceptors (Lipinski definition) is 2. The van der Waals surface area contributed by atoms with E-state index in [9.17, 15) is 4.39 Å². The molecule has 1 heterocycles. The summed E-state index contributed by atoms with van der Waals surface area (Å²) in [6.45, 7) is 5.85. The summed E-state index contributed by atoms with van der Waals surface area (Å²) in [4.78, 5) is 7.86. The van der Waals surface area contributed by atoms with E-state index in [1.165, 1.54) is 12.3 Å². The first-order chi connectivity index (χ1) is 9.54. The first-order valence-electron chi connectivity index (χ1n) is 6.08. The quantitative estimate of drug-likeness (QED) is 0.608. The molecule has 0 saturated heterocycles. The fourth-order valence-electron chi connectivity index (χ4n) is 2.04. The molecule has 4 heteroatoms. The summed E-state index contributed by atoms with van der Waals surface area (Å²) < 4.78 is 14.0. The summed E-state index contributed by atoms with van der Waals surface area (Å²) >= 11 is 5.91. The van der Waals surface area contributed by atoms with Gasteiger partial charge in [-0.15, -0.1) is 0 Å². The van der Waals surface area contributed by atoms with Gasteiger partial charge >= 0.3 is 0 Å². The lowest BCUT2D eigenvalue weighted by Gasteiger charge is -2.12. The highest BCUT2D eigenvalue weighted by molar-refractivity contribution is 6.31. The SMILES string of the molecule is C=C(C)c1ccccc1C(=NC)c1cc(Cl)cnc1F. The molecule has 1 aromatic heterocycles. The van der Waals surface area contributed by atoms with Gasteiger partial charge in [-0.3, -0.25) is 4.99 Å². The van der Waals surface area contributed by atoms with Crippen LogP contribution in [0.3, 0.4) is 0 Å². The number of allylic oxidation sites excluding steroid dienone is 1. The van der Waals surface area contributed by atoms with E-state index < -0.39 is 5.95 Å². The Morgan fingerprint density at radius 1 is 1.25 bits per heavy atom. The number of hydrogen-bond donors (Lipinski definition) is 0. The van der Waals surface area contributed by atoms with Crippen molar-refractivity contribution >= 4 is 22.9 Å². The largest absolute Gasteiger partial charge is 0.287 e. The predicted octanol–water partition coefficient (Wildman–Crippen LogP) is 4.37. The Balaban J connectivity index is 2.66. The molecular formula is C16H14ClFN2. The van der Waals surface area contributed by atoms with Gasteiger partial charge in [-0.2, -0.15) is 4.39 Å². The average Bonchev–Trinajstić information content (AvgIpc) is 2.44. The number of pyridine rings is 1. The van der Waals surface area contributed by atoms with Gasteiger partial charge < -0.3 is 0 Å². The molecule has 0 spiro atoms. The summed E-state index contributed by atoms with van der Waals surface area (Å²) in [5, 5.41) is 0.371. The van der Waals surface area contributed by atoms with Crippen LogP contribution in [0.4, 0.5) is 4.39 Å². The van der Waals surface area contributed by atoms with Gasteiger partial charge in [-0.1, -0.05) is 48.0 Å². The Bertz CT molecular complexity index is 693. The first kappa shape index (κ1) is 14.4. The van der Waals surface area contributed by atoms with Crippen LogP contribution in [0.2, 0.25) is 5.02 Å². The lowest BCUT2D eigenvalue weighted by molar-refractivity contribution is 0.581. The van der Waals surface area contributed by atoms with Crippen molar-refractivity contribution in [2.24, 2.45) is 4.99 Å². The zero-order valence-electron chi connectivity index (χ0n) is 11.3. The van der Waals surface area contributed by atoms with Crippen molar-refractivity contribution in [3.63, 3.8) is 0 Å². The van der Waals surface area contributed by atoms with Crippen LogP contribution in [0, 0.1) is 5.95 Å². The topological polar surface area (TPSA) is 25.2 Å². The highest BCUT2D eigenvalue weighted by Gasteiger charge is 2.16. The van der Waals surface area contributed by atoms with E-state index in [-0.39, 0.29) is 5.56 Å². The third-order valence-corrected chi connectivity index (χ3v) is 3.13. The fraction of sp³-hybridized carbons (Fsp3) is 0.125. The van der Waals surface area contributed by atoms with Crippen LogP contribution in [0.1, 0.15) is 23.6 Å². The van der Waals surface area contributed by atoms with Crippen LogP contribution < -0.4 is 0 Å². The van der Waals surface area contributed by atoms with Gasteiger partial charge in [0, 0.05) is 18.8 Å². The molecule has 2 rings (SSSR count). The molecule has 2 nitrogen and oxygen atoms in total. The Morgan fingerprint density at radius 3 is 2.50 bits per heavy atom. The molecule has 102 valence electrons. The second-order valence-corrected chi connectivity index (χ2v) is 4.83. The molecule has 0 aliphatic rings. The highest BCUT2D eigenvalue weighted by Crippen LogP contribution is 2.23. The summed E-state index contributed by atoms with van der Waals surface area (Å²) in [5.74, 6) is -0.591. The van der Waals surface area contributed by atoms with Gasteiger partial charge in [0.2, 0.25) is 5.95 Å². The zero-order chi connectivity index (χ0) is 14.7. The maximum Gasteiger partial charge on any atom is 0.222 e. The Morgan fingerprint density at radius 2 is 1.90 bits per heavy atom. The van der Waals surface area contributed by atoms with Crippen molar-refractivity contribution in [2.45, 2.75) is 6.92 Å². The number of halogens is 2. The molecule has 0 aliphatic heterocycles. The van der Waals surface area contributed by atoms with Gasteiger partial charge in [-0.25, -0.2) is 4.98 Å². The van der Waals surface area contributed by atoms with E-state index >= 15 is 0 Å². The van der Waals surface area contributed by atoms with Crippen LogP contribution in [0.25, 0.3) is 5.57 Å². The minimum Gasteiger partial charge on any atom is -0.287 e. The van der Waals surface area contributed by atoms with Crippen molar-refractivity contribution in [3.8, 4) is 0 Å². The smallest absolute Gasteiger partial charge is 0.222 e. The van der Waals surface area contributed by atoms with Crippen molar-refractivity contribution in [2.75, 3.05) is 7.05 Å². The van der Waals surface area contributed by atoms with E-state index in [0.717, 1.165) is 16.7 Å². The highest BCUT2D eigenvalue weighted by atomic mass is 35.5. The average molecular weight is 289 g/mol. The van der Waals surface area contributed by atoms with Crippen LogP contribution in [0.15, 0.2) is 48.1 Å². The number of nitrogens with zero attached hydrogens (tertiary/aromatic N) is 2. The molecule has 0 radical (unpaired) electrons. The molecule has 2 aromatic rings. The molecule has 0 bridgehead atoms. The molecule has 0 atom stereocenters. The Hall–Kier alpha value is -2.00. The van der Waals surface area contributed by atoms with Crippen molar-refractivity contribution in [1.82, 2.24) is 4.98 Å². The lowest BCUT2D eigenvalue weighted by Crippen LogP contribution is -2.09. The maximum absolute atomic E-state index is 14.0. The number of benzene rings is 1. The van der Waals surface area contributed by atoms with Gasteiger partial charge in [0.1, 0.15) is 0 Å². The third-order valence-electron chi connectivity index (χ3n) is 2.93. The Labute approximate surface area is 122 Å². The Kier molecular flexibility index (Phi) is 4.30. The number of aromatic nitrogens is 1. The van der Waals surface area contributed by atoms with E-state index in [2.05, 4.69) is 16.6 Å². The molecule has 0 fully saturated rings. The van der Waals surface area contributed by atoms with Gasteiger partial charge in [0.15, 0.2) is 0 Å². The molecule has 0 saturated carbocycles. The third kappa shape index (κ3) is 2.78. The summed E-state index contributed by atoms with van der Waals surface area (Å²) in [6.07, 6.45) is 1.28. The molecule has 0 N–H and O–H groups in total. The summed E-state index contributed by atoms with van der Waals surface area (Å²) in [7, 11) is 1.62. The summed E-state index contributed by atoms with van der Waals surface area (Å²) in [5.41, 5.74) is 3.42. The molecule has 0 unspecified atom stereocenters. The van der Waals surface area contributed by atoms with Crippen LogP contribution >= 0.6 is 11.6 Å². The number of rotatable bonds is 3. The van der Waals surface area contributed by atoms with E-state index in [4.69, 9.17) is 11.6 Å². The minimum absolute atomic E-state index is 0.286. The maximum atomic E-state index is 14.0.